The zero-order chi connectivity index (χ0) is 14.0. The lowest BCUT2D eigenvalue weighted by Gasteiger charge is -2.13. The average Bonchev–Trinajstić information content (AvgIpc) is 2.81. The highest BCUT2D eigenvalue weighted by Gasteiger charge is 2.31. The monoisotopic (exact) mass is 336 g/mol. The minimum Gasteiger partial charge on any atom is -0.488 e. The molecule has 1 aliphatic heterocycles. The van der Waals surface area contributed by atoms with Gasteiger partial charge in [-0.1, -0.05) is 15.9 Å². The van der Waals surface area contributed by atoms with Crippen LogP contribution < -0.4 is 4.74 Å². The molecule has 1 fully saturated rings. The third-order valence-corrected chi connectivity index (χ3v) is 3.23. The number of benzene rings is 1. The Hall–Kier alpha value is -1.21. The van der Waals surface area contributed by atoms with Gasteiger partial charge in [-0.15, -0.1) is 0 Å². The van der Waals surface area contributed by atoms with Crippen molar-refractivity contribution in [1.29, 1.82) is 0 Å². The maximum absolute atomic E-state index is 13.4. The van der Waals surface area contributed by atoms with E-state index in [-0.39, 0.29) is 12.4 Å². The molecule has 1 aromatic carbocycles. The molecule has 0 spiro atoms. The zero-order valence-corrected chi connectivity index (χ0v) is 11.3. The van der Waals surface area contributed by atoms with Crippen LogP contribution in [0.4, 0.5) is 8.78 Å². The maximum atomic E-state index is 13.4. The predicted molar refractivity (Wildman–Crippen MR) is 65.1 cm³/mol. The fourth-order valence-corrected chi connectivity index (χ4v) is 2.24. The van der Waals surface area contributed by atoms with E-state index in [4.69, 9.17) is 14.6 Å². The molecule has 0 saturated carbocycles. The highest BCUT2D eigenvalue weighted by Crippen LogP contribution is 2.27. The summed E-state index contributed by atoms with van der Waals surface area (Å²) in [4.78, 5) is 10.7. The molecular formula is C12H11BrF2O4. The van der Waals surface area contributed by atoms with E-state index < -0.39 is 29.8 Å². The Kier molecular flexibility index (Phi) is 4.36. The van der Waals surface area contributed by atoms with Gasteiger partial charge in [0, 0.05) is 4.47 Å². The third-order valence-electron chi connectivity index (χ3n) is 2.77. The number of rotatable bonds is 4. The molecule has 0 radical (unpaired) electrons. The number of hydrogen-bond acceptors (Lipinski definition) is 3. The van der Waals surface area contributed by atoms with Crippen LogP contribution in [0.15, 0.2) is 16.6 Å². The summed E-state index contributed by atoms with van der Waals surface area (Å²) < 4.78 is 37.2. The van der Waals surface area contributed by atoms with Gasteiger partial charge in [-0.2, -0.15) is 4.39 Å². The minimum absolute atomic E-state index is 0.0173. The van der Waals surface area contributed by atoms with Crippen molar-refractivity contribution in [2.45, 2.75) is 25.0 Å². The Labute approximate surface area is 116 Å². The lowest BCUT2D eigenvalue weighted by Crippen LogP contribution is -2.23. The molecule has 19 heavy (non-hydrogen) atoms. The molecule has 1 aliphatic rings. The molecule has 7 heteroatoms. The summed E-state index contributed by atoms with van der Waals surface area (Å²) in [6, 6.07) is 2.30. The second kappa shape index (κ2) is 5.83. The van der Waals surface area contributed by atoms with Gasteiger partial charge in [-0.3, -0.25) is 0 Å². The van der Waals surface area contributed by atoms with E-state index in [0.717, 1.165) is 6.07 Å². The number of ether oxygens (including phenoxy) is 2. The zero-order valence-electron chi connectivity index (χ0n) is 9.74. The van der Waals surface area contributed by atoms with Gasteiger partial charge in [-0.25, -0.2) is 9.18 Å². The van der Waals surface area contributed by atoms with Crippen molar-refractivity contribution in [1.82, 2.24) is 0 Å². The smallest absolute Gasteiger partial charge is 0.332 e. The van der Waals surface area contributed by atoms with Crippen LogP contribution in [0.2, 0.25) is 0 Å². The van der Waals surface area contributed by atoms with Gasteiger partial charge < -0.3 is 14.6 Å². The number of halogens is 3. The largest absolute Gasteiger partial charge is 0.488 e. The van der Waals surface area contributed by atoms with Crippen LogP contribution in [0.25, 0.3) is 0 Å². The second-order valence-corrected chi connectivity index (χ2v) is 5.09. The van der Waals surface area contributed by atoms with Gasteiger partial charge >= 0.3 is 5.97 Å². The lowest BCUT2D eigenvalue weighted by atomic mass is 10.2. The Morgan fingerprint density at radius 1 is 1.47 bits per heavy atom. The third kappa shape index (κ3) is 3.42. The first-order valence-corrected chi connectivity index (χ1v) is 6.42. The van der Waals surface area contributed by atoms with Crippen molar-refractivity contribution in [2.24, 2.45) is 0 Å². The highest BCUT2D eigenvalue weighted by molar-refractivity contribution is 9.10. The molecule has 1 aromatic rings. The van der Waals surface area contributed by atoms with Crippen LogP contribution in [0, 0.1) is 11.6 Å². The van der Waals surface area contributed by atoms with Crippen LogP contribution in [0.5, 0.6) is 5.75 Å². The molecule has 2 unspecified atom stereocenters. The quantitative estimate of drug-likeness (QED) is 0.859. The fourth-order valence-electron chi connectivity index (χ4n) is 1.83. The van der Waals surface area contributed by atoms with Crippen molar-refractivity contribution in [3.8, 4) is 5.75 Å². The normalized spacial score (nSPS) is 22.5. The van der Waals surface area contributed by atoms with Crippen molar-refractivity contribution < 1.29 is 28.2 Å². The first-order chi connectivity index (χ1) is 8.97. The Morgan fingerprint density at radius 2 is 2.21 bits per heavy atom. The maximum Gasteiger partial charge on any atom is 0.332 e. The molecular weight excluding hydrogens is 326 g/mol. The number of aliphatic carboxylic acids is 1. The van der Waals surface area contributed by atoms with Crippen LogP contribution in [-0.4, -0.2) is 29.9 Å². The standard InChI is InChI=1S/C12H11BrF2O4/c13-6-3-8(14)11(15)10(4-6)18-5-7-1-2-9(19-7)12(16)17/h3-4,7,9H,1-2,5H2,(H,16,17). The van der Waals surface area contributed by atoms with Gasteiger partial charge in [-0.05, 0) is 25.0 Å². The summed E-state index contributed by atoms with van der Waals surface area (Å²) in [6.45, 7) is -0.0173. The van der Waals surface area contributed by atoms with Gasteiger partial charge in [0.1, 0.15) is 6.61 Å². The van der Waals surface area contributed by atoms with Crippen molar-refractivity contribution >= 4 is 21.9 Å². The van der Waals surface area contributed by atoms with E-state index >= 15 is 0 Å². The molecule has 0 bridgehead atoms. The summed E-state index contributed by atoms with van der Waals surface area (Å²) in [7, 11) is 0. The summed E-state index contributed by atoms with van der Waals surface area (Å²) in [6.07, 6.45) is -0.381. The van der Waals surface area contributed by atoms with Gasteiger partial charge in [0.15, 0.2) is 17.7 Å². The SMILES string of the molecule is O=C(O)C1CCC(COc2cc(Br)cc(F)c2F)O1. The molecule has 0 aromatic heterocycles. The van der Waals surface area contributed by atoms with Crippen molar-refractivity contribution in [3.63, 3.8) is 0 Å². The van der Waals surface area contributed by atoms with Crippen LogP contribution in [0.3, 0.4) is 0 Å². The fraction of sp³-hybridized carbons (Fsp3) is 0.417. The van der Waals surface area contributed by atoms with Gasteiger partial charge in [0.25, 0.3) is 0 Å². The molecule has 2 atom stereocenters. The average molecular weight is 337 g/mol. The Morgan fingerprint density at radius 3 is 2.84 bits per heavy atom. The molecule has 0 aliphatic carbocycles. The topological polar surface area (TPSA) is 55.8 Å². The molecule has 104 valence electrons. The summed E-state index contributed by atoms with van der Waals surface area (Å²) in [5.41, 5.74) is 0. The molecule has 1 saturated heterocycles. The molecule has 1 heterocycles. The number of hydrogen-bond donors (Lipinski definition) is 1. The van der Waals surface area contributed by atoms with E-state index in [1.807, 2.05) is 0 Å². The Bertz CT molecular complexity index is 495. The summed E-state index contributed by atoms with van der Waals surface area (Å²) in [5, 5.41) is 8.75. The predicted octanol–water partition coefficient (Wildman–Crippen LogP) is 2.74. The van der Waals surface area contributed by atoms with Gasteiger partial charge in [0.2, 0.25) is 5.82 Å². The highest BCUT2D eigenvalue weighted by atomic mass is 79.9. The molecule has 4 nitrogen and oxygen atoms in total. The van der Waals surface area contributed by atoms with Crippen LogP contribution in [0.1, 0.15) is 12.8 Å². The first kappa shape index (κ1) is 14.2. The minimum atomic E-state index is -1.07. The van der Waals surface area contributed by atoms with E-state index in [1.165, 1.54) is 6.07 Å². The van der Waals surface area contributed by atoms with E-state index in [0.29, 0.717) is 17.3 Å². The molecule has 0 amide bonds. The summed E-state index contributed by atoms with van der Waals surface area (Å²) >= 11 is 3.03. The Balaban J connectivity index is 1.95. The van der Waals surface area contributed by atoms with Crippen LogP contribution >= 0.6 is 15.9 Å². The number of carboxylic acid groups (broad SMARTS) is 1. The molecule has 2 rings (SSSR count). The summed E-state index contributed by atoms with van der Waals surface area (Å²) in [5.74, 6) is -3.34. The second-order valence-electron chi connectivity index (χ2n) is 4.17. The number of carbonyl (C=O) groups is 1. The molecule has 1 N–H and O–H groups in total. The van der Waals surface area contributed by atoms with Crippen molar-refractivity contribution in [3.05, 3.63) is 28.2 Å². The van der Waals surface area contributed by atoms with Gasteiger partial charge in [0.05, 0.1) is 6.10 Å². The van der Waals surface area contributed by atoms with Crippen LogP contribution in [-0.2, 0) is 9.53 Å². The van der Waals surface area contributed by atoms with E-state index in [2.05, 4.69) is 15.9 Å². The van der Waals surface area contributed by atoms with E-state index in [9.17, 15) is 13.6 Å². The van der Waals surface area contributed by atoms with E-state index in [1.54, 1.807) is 0 Å². The van der Waals surface area contributed by atoms with Crippen molar-refractivity contribution in [2.75, 3.05) is 6.61 Å². The number of carboxylic acids is 1. The lowest BCUT2D eigenvalue weighted by molar-refractivity contribution is -0.149. The first-order valence-electron chi connectivity index (χ1n) is 5.63.